The van der Waals surface area contributed by atoms with Gasteiger partial charge in [-0.1, -0.05) is 33.5 Å². The van der Waals surface area contributed by atoms with Gasteiger partial charge in [0.05, 0.1) is 5.02 Å². The van der Waals surface area contributed by atoms with Gasteiger partial charge in [-0.2, -0.15) is 4.98 Å². The first-order chi connectivity index (χ1) is 12.1. The number of nitrogens with zero attached hydrogens (tertiary/aromatic N) is 3. The summed E-state index contributed by atoms with van der Waals surface area (Å²) in [5, 5.41) is 8.73. The summed E-state index contributed by atoms with van der Waals surface area (Å²) in [7, 11) is 0. The zero-order chi connectivity index (χ0) is 17.4. The Morgan fingerprint density at radius 2 is 1.68 bits per heavy atom. The fourth-order valence-electron chi connectivity index (χ4n) is 2.23. The smallest absolute Gasteiger partial charge is 0.280 e. The second-order valence-electron chi connectivity index (χ2n) is 5.13. The van der Waals surface area contributed by atoms with Crippen LogP contribution in [0.1, 0.15) is 0 Å². The van der Waals surface area contributed by atoms with E-state index in [0.29, 0.717) is 38.5 Å². The van der Waals surface area contributed by atoms with E-state index < -0.39 is 0 Å². The van der Waals surface area contributed by atoms with E-state index in [4.69, 9.17) is 32.2 Å². The highest BCUT2D eigenvalue weighted by Gasteiger charge is 2.17. The third-order valence-electron chi connectivity index (χ3n) is 3.46. The molecule has 0 bridgehead atoms. The van der Waals surface area contributed by atoms with Crippen LogP contribution in [0.25, 0.3) is 34.3 Å². The maximum Gasteiger partial charge on any atom is 0.280 e. The van der Waals surface area contributed by atoms with Crippen LogP contribution in [0.5, 0.6) is 0 Å². The molecular weight excluding hydrogens is 368 g/mol. The molecule has 0 fully saturated rings. The molecule has 0 amide bonds. The van der Waals surface area contributed by atoms with Crippen molar-refractivity contribution in [3.05, 3.63) is 64.4 Å². The van der Waals surface area contributed by atoms with Crippen molar-refractivity contribution in [1.82, 2.24) is 15.3 Å². The summed E-state index contributed by atoms with van der Waals surface area (Å²) in [6.45, 7) is 0. The molecule has 0 aliphatic rings. The Kier molecular flexibility index (Phi) is 3.99. The van der Waals surface area contributed by atoms with E-state index in [2.05, 4.69) is 15.3 Å². The molecule has 2 heterocycles. The molecule has 4 aromatic rings. The van der Waals surface area contributed by atoms with Crippen molar-refractivity contribution < 1.29 is 13.4 Å². The van der Waals surface area contributed by atoms with Gasteiger partial charge in [0.25, 0.3) is 5.89 Å². The van der Waals surface area contributed by atoms with Gasteiger partial charge in [-0.25, -0.2) is 4.39 Å². The Morgan fingerprint density at radius 3 is 2.44 bits per heavy atom. The van der Waals surface area contributed by atoms with E-state index in [-0.39, 0.29) is 11.7 Å². The zero-order valence-corrected chi connectivity index (χ0v) is 13.9. The highest BCUT2D eigenvalue weighted by molar-refractivity contribution is 6.36. The molecule has 0 saturated heterocycles. The molecule has 25 heavy (non-hydrogen) atoms. The topological polar surface area (TPSA) is 65.0 Å². The first kappa shape index (κ1) is 15.8. The Hall–Kier alpha value is -2.70. The van der Waals surface area contributed by atoms with Crippen molar-refractivity contribution >= 4 is 23.2 Å². The predicted molar refractivity (Wildman–Crippen MR) is 90.6 cm³/mol. The van der Waals surface area contributed by atoms with Crippen molar-refractivity contribution in [2.75, 3.05) is 0 Å². The van der Waals surface area contributed by atoms with Crippen LogP contribution in [-0.2, 0) is 0 Å². The Balaban J connectivity index is 1.65. The molecule has 0 unspecified atom stereocenters. The lowest BCUT2D eigenvalue weighted by atomic mass is 10.1. The van der Waals surface area contributed by atoms with Gasteiger partial charge < -0.3 is 9.05 Å². The highest BCUT2D eigenvalue weighted by Crippen LogP contribution is 2.31. The van der Waals surface area contributed by atoms with E-state index in [1.807, 2.05) is 0 Å². The van der Waals surface area contributed by atoms with Crippen molar-refractivity contribution in [3.8, 4) is 34.3 Å². The second kappa shape index (κ2) is 6.31. The molecule has 2 aromatic heterocycles. The summed E-state index contributed by atoms with van der Waals surface area (Å²) in [4.78, 5) is 4.27. The highest BCUT2D eigenvalue weighted by atomic mass is 35.5. The summed E-state index contributed by atoms with van der Waals surface area (Å²) >= 11 is 12.0. The van der Waals surface area contributed by atoms with Crippen molar-refractivity contribution in [2.45, 2.75) is 0 Å². The van der Waals surface area contributed by atoms with E-state index in [0.717, 1.165) is 0 Å². The van der Waals surface area contributed by atoms with E-state index in [1.165, 1.54) is 12.1 Å². The number of benzene rings is 2. The lowest BCUT2D eigenvalue weighted by Gasteiger charge is -1.98. The van der Waals surface area contributed by atoms with Crippen LogP contribution in [0.4, 0.5) is 4.39 Å². The molecule has 0 N–H and O–H groups in total. The summed E-state index contributed by atoms with van der Waals surface area (Å²) in [5.41, 5.74) is 1.63. The molecule has 4 rings (SSSR count). The summed E-state index contributed by atoms with van der Waals surface area (Å²) in [6.07, 6.45) is 0. The standard InChI is InChI=1S/C17H8Cl2FN3O2/c18-10-3-6-12(13(19)7-10)16-21-17(25-23-16)14-8-15(24-22-14)9-1-4-11(20)5-2-9/h1-8H. The minimum atomic E-state index is -0.329. The summed E-state index contributed by atoms with van der Waals surface area (Å²) in [5.74, 6) is 0.616. The number of halogens is 3. The van der Waals surface area contributed by atoms with E-state index in [9.17, 15) is 4.39 Å². The van der Waals surface area contributed by atoms with Gasteiger partial charge >= 0.3 is 0 Å². The van der Waals surface area contributed by atoms with Crippen molar-refractivity contribution in [3.63, 3.8) is 0 Å². The summed E-state index contributed by atoms with van der Waals surface area (Å²) < 4.78 is 23.5. The number of hydrogen-bond acceptors (Lipinski definition) is 5. The van der Waals surface area contributed by atoms with E-state index >= 15 is 0 Å². The average Bonchev–Trinajstić information content (AvgIpc) is 3.24. The minimum absolute atomic E-state index is 0.179. The van der Waals surface area contributed by atoms with Crippen LogP contribution in [0.15, 0.2) is 57.6 Å². The fraction of sp³-hybridized carbons (Fsp3) is 0. The maximum absolute atomic E-state index is 13.0. The summed E-state index contributed by atoms with van der Waals surface area (Å²) in [6, 6.07) is 12.5. The van der Waals surface area contributed by atoms with Crippen LogP contribution in [0, 0.1) is 5.82 Å². The van der Waals surface area contributed by atoms with E-state index in [1.54, 1.807) is 36.4 Å². The minimum Gasteiger partial charge on any atom is -0.355 e. The maximum atomic E-state index is 13.0. The Bertz CT molecular complexity index is 1040. The van der Waals surface area contributed by atoms with Gasteiger partial charge in [-0.3, -0.25) is 0 Å². The Labute approximate surface area is 151 Å². The first-order valence-electron chi connectivity index (χ1n) is 7.12. The molecule has 0 radical (unpaired) electrons. The quantitative estimate of drug-likeness (QED) is 0.472. The van der Waals surface area contributed by atoms with Crippen LogP contribution < -0.4 is 0 Å². The van der Waals surface area contributed by atoms with Crippen LogP contribution in [0.3, 0.4) is 0 Å². The average molecular weight is 376 g/mol. The monoisotopic (exact) mass is 375 g/mol. The fourth-order valence-corrected chi connectivity index (χ4v) is 2.73. The molecule has 0 aliphatic carbocycles. The van der Waals surface area contributed by atoms with Gasteiger partial charge in [0.15, 0.2) is 11.5 Å². The molecule has 0 atom stereocenters. The molecule has 124 valence electrons. The molecule has 8 heteroatoms. The van der Waals surface area contributed by atoms with Crippen molar-refractivity contribution in [2.24, 2.45) is 0 Å². The van der Waals surface area contributed by atoms with Gasteiger partial charge in [0.1, 0.15) is 5.82 Å². The lowest BCUT2D eigenvalue weighted by molar-refractivity contribution is 0.411. The molecule has 0 spiro atoms. The Morgan fingerprint density at radius 1 is 0.880 bits per heavy atom. The molecule has 5 nitrogen and oxygen atoms in total. The van der Waals surface area contributed by atoms with Gasteiger partial charge in [-0.15, -0.1) is 0 Å². The van der Waals surface area contributed by atoms with Crippen LogP contribution in [0.2, 0.25) is 10.0 Å². The van der Waals surface area contributed by atoms with Gasteiger partial charge in [0.2, 0.25) is 5.82 Å². The van der Waals surface area contributed by atoms with Crippen LogP contribution >= 0.6 is 23.2 Å². The zero-order valence-electron chi connectivity index (χ0n) is 12.4. The third-order valence-corrected chi connectivity index (χ3v) is 4.00. The lowest BCUT2D eigenvalue weighted by Crippen LogP contribution is -1.83. The second-order valence-corrected chi connectivity index (χ2v) is 5.97. The normalized spacial score (nSPS) is 11.0. The van der Waals surface area contributed by atoms with Gasteiger partial charge in [-0.05, 0) is 42.5 Å². The number of aromatic nitrogens is 3. The molecular formula is C17H8Cl2FN3O2. The predicted octanol–water partition coefficient (Wildman–Crippen LogP) is 5.50. The number of hydrogen-bond donors (Lipinski definition) is 0. The number of rotatable bonds is 3. The largest absolute Gasteiger partial charge is 0.355 e. The van der Waals surface area contributed by atoms with Crippen LogP contribution in [-0.4, -0.2) is 15.3 Å². The SMILES string of the molecule is Fc1ccc(-c2cc(-c3nc(-c4ccc(Cl)cc4Cl)no3)no2)cc1. The van der Waals surface area contributed by atoms with Gasteiger partial charge in [0, 0.05) is 22.2 Å². The molecule has 0 aliphatic heterocycles. The first-order valence-corrected chi connectivity index (χ1v) is 7.88. The third kappa shape index (κ3) is 3.14. The molecule has 0 saturated carbocycles. The van der Waals surface area contributed by atoms with Crippen molar-refractivity contribution in [1.29, 1.82) is 0 Å². The molecule has 2 aromatic carbocycles.